The van der Waals surface area contributed by atoms with Crippen LogP contribution in [-0.4, -0.2) is 23.3 Å². The van der Waals surface area contributed by atoms with Gasteiger partial charge in [0.15, 0.2) is 0 Å². The smallest absolute Gasteiger partial charge is 0.0613 e. The first-order chi connectivity index (χ1) is 8.65. The number of hydrogen-bond donors (Lipinski definition) is 2. The van der Waals surface area contributed by atoms with Crippen molar-refractivity contribution in [3.63, 3.8) is 0 Å². The fourth-order valence-electron chi connectivity index (χ4n) is 3.19. The lowest BCUT2D eigenvalue weighted by Gasteiger charge is -2.41. The molecule has 18 heavy (non-hydrogen) atoms. The van der Waals surface area contributed by atoms with Crippen molar-refractivity contribution < 1.29 is 5.11 Å². The van der Waals surface area contributed by atoms with E-state index in [2.05, 4.69) is 49.5 Å². The van der Waals surface area contributed by atoms with Gasteiger partial charge in [0, 0.05) is 11.6 Å². The first-order valence-corrected chi connectivity index (χ1v) is 7.09. The fraction of sp³-hybridized carbons (Fsp3) is 0.625. The summed E-state index contributed by atoms with van der Waals surface area (Å²) in [6.07, 6.45) is 4.48. The highest BCUT2D eigenvalue weighted by Crippen LogP contribution is 2.37. The Morgan fingerprint density at radius 3 is 2.33 bits per heavy atom. The third-order valence-electron chi connectivity index (χ3n) is 4.11. The predicted octanol–water partition coefficient (Wildman–Crippen LogP) is 3.07. The van der Waals surface area contributed by atoms with E-state index in [4.69, 9.17) is 0 Å². The summed E-state index contributed by atoms with van der Waals surface area (Å²) in [6.45, 7) is 4.56. The maximum absolute atomic E-state index is 9.68. The molecule has 1 fully saturated rings. The summed E-state index contributed by atoms with van der Waals surface area (Å²) in [5.74, 6) is 0.667. The Balaban J connectivity index is 1.98. The normalized spacial score (nSPS) is 28.6. The van der Waals surface area contributed by atoms with Crippen LogP contribution in [0.1, 0.15) is 51.0 Å². The Labute approximate surface area is 110 Å². The quantitative estimate of drug-likeness (QED) is 0.857. The van der Waals surface area contributed by atoms with Gasteiger partial charge in [0.1, 0.15) is 0 Å². The number of benzene rings is 1. The molecule has 1 aromatic rings. The van der Waals surface area contributed by atoms with Crippen molar-refractivity contribution in [1.82, 2.24) is 5.32 Å². The zero-order chi connectivity index (χ0) is 13.0. The molecule has 2 N–H and O–H groups in total. The molecule has 0 atom stereocenters. The average Bonchev–Trinajstić information content (AvgIpc) is 2.40. The van der Waals surface area contributed by atoms with Gasteiger partial charge in [0.05, 0.1) is 6.61 Å². The number of rotatable bonds is 4. The maximum atomic E-state index is 9.68. The van der Waals surface area contributed by atoms with Crippen LogP contribution < -0.4 is 5.32 Å². The molecule has 0 heterocycles. The summed E-state index contributed by atoms with van der Waals surface area (Å²) in [5.41, 5.74) is 1.41. The first kappa shape index (κ1) is 13.6. The summed E-state index contributed by atoms with van der Waals surface area (Å²) in [5, 5.41) is 13.3. The summed E-state index contributed by atoms with van der Waals surface area (Å²) in [4.78, 5) is 0. The molecule has 0 aromatic heterocycles. The van der Waals surface area contributed by atoms with Gasteiger partial charge in [-0.3, -0.25) is 0 Å². The zero-order valence-electron chi connectivity index (χ0n) is 11.5. The van der Waals surface area contributed by atoms with E-state index in [1.54, 1.807) is 0 Å². The first-order valence-electron chi connectivity index (χ1n) is 7.09. The highest BCUT2D eigenvalue weighted by molar-refractivity contribution is 5.20. The van der Waals surface area contributed by atoms with E-state index in [-0.39, 0.29) is 12.1 Å². The molecule has 0 unspecified atom stereocenters. The van der Waals surface area contributed by atoms with E-state index in [0.29, 0.717) is 12.0 Å². The Hall–Kier alpha value is -0.860. The summed E-state index contributed by atoms with van der Waals surface area (Å²) in [7, 11) is 0. The minimum Gasteiger partial charge on any atom is -0.394 e. The van der Waals surface area contributed by atoms with Crippen LogP contribution in [0.25, 0.3) is 0 Å². The van der Waals surface area contributed by atoms with Crippen molar-refractivity contribution >= 4 is 0 Å². The third-order valence-corrected chi connectivity index (χ3v) is 4.11. The third kappa shape index (κ3) is 3.12. The van der Waals surface area contributed by atoms with Gasteiger partial charge in [-0.15, -0.1) is 0 Å². The second-order valence-corrected chi connectivity index (χ2v) is 5.92. The van der Waals surface area contributed by atoms with Crippen LogP contribution in [0.2, 0.25) is 0 Å². The number of hydrogen-bond acceptors (Lipinski definition) is 2. The molecule has 0 radical (unpaired) electrons. The van der Waals surface area contributed by atoms with Crippen LogP contribution in [0.3, 0.4) is 0 Å². The van der Waals surface area contributed by atoms with Gasteiger partial charge in [-0.1, -0.05) is 44.2 Å². The Bertz CT molecular complexity index is 353. The van der Waals surface area contributed by atoms with Crippen molar-refractivity contribution in [1.29, 1.82) is 0 Å². The molecular formula is C16H25NO. The molecular weight excluding hydrogens is 222 g/mol. The molecule has 1 aliphatic rings. The summed E-state index contributed by atoms with van der Waals surface area (Å²) in [6, 6.07) is 11.2. The number of aliphatic hydroxyl groups is 1. The lowest BCUT2D eigenvalue weighted by atomic mass is 9.74. The van der Waals surface area contributed by atoms with Crippen LogP contribution in [0.5, 0.6) is 0 Å². The SMILES string of the molecule is CC(C)NC1(CO)CCC(c2ccccc2)CC1. The fourth-order valence-corrected chi connectivity index (χ4v) is 3.19. The molecule has 0 bridgehead atoms. The standard InChI is InChI=1S/C16H25NO/c1-13(2)17-16(12-18)10-8-15(9-11-16)14-6-4-3-5-7-14/h3-7,13,15,17-18H,8-12H2,1-2H3. The van der Waals surface area contributed by atoms with Gasteiger partial charge >= 0.3 is 0 Å². The van der Waals surface area contributed by atoms with Crippen LogP contribution in [0, 0.1) is 0 Å². The van der Waals surface area contributed by atoms with Crippen molar-refractivity contribution in [2.45, 2.75) is 57.0 Å². The second-order valence-electron chi connectivity index (χ2n) is 5.92. The van der Waals surface area contributed by atoms with E-state index >= 15 is 0 Å². The number of aliphatic hydroxyl groups excluding tert-OH is 1. The van der Waals surface area contributed by atoms with Crippen molar-refractivity contribution in [3.05, 3.63) is 35.9 Å². The topological polar surface area (TPSA) is 32.3 Å². The molecule has 0 saturated heterocycles. The Morgan fingerprint density at radius 2 is 1.83 bits per heavy atom. The van der Waals surface area contributed by atoms with Gasteiger partial charge in [-0.05, 0) is 37.2 Å². The van der Waals surface area contributed by atoms with Gasteiger partial charge in [0.2, 0.25) is 0 Å². The van der Waals surface area contributed by atoms with Gasteiger partial charge < -0.3 is 10.4 Å². The lowest BCUT2D eigenvalue weighted by Crippen LogP contribution is -2.53. The van der Waals surface area contributed by atoms with E-state index in [0.717, 1.165) is 12.8 Å². The molecule has 2 heteroatoms. The van der Waals surface area contributed by atoms with Gasteiger partial charge in [0.25, 0.3) is 0 Å². The molecule has 0 spiro atoms. The van der Waals surface area contributed by atoms with Gasteiger partial charge in [-0.2, -0.15) is 0 Å². The number of nitrogens with one attached hydrogen (secondary N) is 1. The van der Waals surface area contributed by atoms with Crippen LogP contribution in [0.4, 0.5) is 0 Å². The van der Waals surface area contributed by atoms with Gasteiger partial charge in [-0.25, -0.2) is 0 Å². The van der Waals surface area contributed by atoms with Crippen LogP contribution in [-0.2, 0) is 0 Å². The Morgan fingerprint density at radius 1 is 1.22 bits per heavy atom. The van der Waals surface area contributed by atoms with E-state index < -0.39 is 0 Å². The molecule has 2 rings (SSSR count). The summed E-state index contributed by atoms with van der Waals surface area (Å²) >= 11 is 0. The monoisotopic (exact) mass is 247 g/mol. The Kier molecular flexibility index (Phi) is 4.41. The molecule has 0 aliphatic heterocycles. The highest BCUT2D eigenvalue weighted by atomic mass is 16.3. The maximum Gasteiger partial charge on any atom is 0.0613 e. The molecule has 1 aromatic carbocycles. The van der Waals surface area contributed by atoms with E-state index in [1.807, 2.05) is 0 Å². The molecule has 0 amide bonds. The minimum absolute atomic E-state index is 0.0422. The molecule has 100 valence electrons. The zero-order valence-corrected chi connectivity index (χ0v) is 11.5. The van der Waals surface area contributed by atoms with E-state index in [9.17, 15) is 5.11 Å². The van der Waals surface area contributed by atoms with Crippen molar-refractivity contribution in [2.75, 3.05) is 6.61 Å². The average molecular weight is 247 g/mol. The van der Waals surface area contributed by atoms with Crippen molar-refractivity contribution in [2.24, 2.45) is 0 Å². The second kappa shape index (κ2) is 5.85. The predicted molar refractivity (Wildman–Crippen MR) is 75.7 cm³/mol. The van der Waals surface area contributed by atoms with E-state index in [1.165, 1.54) is 18.4 Å². The lowest BCUT2D eigenvalue weighted by molar-refractivity contribution is 0.106. The summed E-state index contributed by atoms with van der Waals surface area (Å²) < 4.78 is 0. The molecule has 2 nitrogen and oxygen atoms in total. The highest BCUT2D eigenvalue weighted by Gasteiger charge is 2.35. The van der Waals surface area contributed by atoms with Crippen LogP contribution in [0.15, 0.2) is 30.3 Å². The largest absolute Gasteiger partial charge is 0.394 e. The molecule has 1 saturated carbocycles. The minimum atomic E-state index is -0.0422. The molecule has 1 aliphatic carbocycles. The van der Waals surface area contributed by atoms with Crippen molar-refractivity contribution in [3.8, 4) is 0 Å². The van der Waals surface area contributed by atoms with Crippen LogP contribution >= 0.6 is 0 Å².